The molecule has 3 atom stereocenters. The molecular weight excluding hydrogens is 791 g/mol. The summed E-state index contributed by atoms with van der Waals surface area (Å²) in [5, 5.41) is 23.8. The van der Waals surface area contributed by atoms with E-state index in [0.717, 1.165) is 89.9 Å². The third-order valence-electron chi connectivity index (χ3n) is 12.7. The van der Waals surface area contributed by atoms with Gasteiger partial charge in [0.25, 0.3) is 0 Å². The van der Waals surface area contributed by atoms with Crippen molar-refractivity contribution in [3.8, 4) is 0 Å². The molecule has 0 rings (SSSR count). The van der Waals surface area contributed by atoms with Crippen LogP contribution in [0.4, 0.5) is 0 Å². The van der Waals surface area contributed by atoms with Gasteiger partial charge in [-0.1, -0.05) is 243 Å². The van der Waals surface area contributed by atoms with Crippen LogP contribution in [0.3, 0.4) is 0 Å². The lowest BCUT2D eigenvalue weighted by Crippen LogP contribution is -2.46. The van der Waals surface area contributed by atoms with Gasteiger partial charge >= 0.3 is 5.97 Å². The maximum Gasteiger partial charge on any atom is 0.306 e. The van der Waals surface area contributed by atoms with Gasteiger partial charge in [-0.2, -0.15) is 0 Å². The van der Waals surface area contributed by atoms with Crippen LogP contribution in [0.25, 0.3) is 0 Å². The number of aliphatic hydroxyl groups is 2. The van der Waals surface area contributed by atoms with Gasteiger partial charge in [0.1, 0.15) is 6.10 Å². The second-order valence-corrected chi connectivity index (χ2v) is 19.0. The van der Waals surface area contributed by atoms with E-state index < -0.39 is 18.2 Å². The third kappa shape index (κ3) is 46.4. The molecule has 6 nitrogen and oxygen atoms in total. The zero-order chi connectivity index (χ0) is 46.7. The van der Waals surface area contributed by atoms with E-state index in [2.05, 4.69) is 74.7 Å². The van der Waals surface area contributed by atoms with Crippen molar-refractivity contribution >= 4 is 11.9 Å². The summed E-state index contributed by atoms with van der Waals surface area (Å²) in [5.74, 6) is -0.503. The van der Waals surface area contributed by atoms with Crippen LogP contribution < -0.4 is 5.32 Å². The molecule has 0 heterocycles. The Morgan fingerprint density at radius 3 is 1.25 bits per heavy atom. The van der Waals surface area contributed by atoms with E-state index in [0.29, 0.717) is 19.3 Å². The van der Waals surface area contributed by atoms with Gasteiger partial charge < -0.3 is 20.3 Å². The highest BCUT2D eigenvalue weighted by Crippen LogP contribution is 2.18. The summed E-state index contributed by atoms with van der Waals surface area (Å²) in [6.07, 6.45) is 63.1. The van der Waals surface area contributed by atoms with Crippen molar-refractivity contribution in [1.82, 2.24) is 5.32 Å². The molecule has 0 aromatic carbocycles. The van der Waals surface area contributed by atoms with Gasteiger partial charge in [0.05, 0.1) is 25.2 Å². The smallest absolute Gasteiger partial charge is 0.306 e. The number of hydrogen-bond donors (Lipinski definition) is 3. The topological polar surface area (TPSA) is 95.9 Å². The van der Waals surface area contributed by atoms with Crippen LogP contribution in [0.5, 0.6) is 0 Å². The molecule has 0 bridgehead atoms. The van der Waals surface area contributed by atoms with Crippen molar-refractivity contribution < 1.29 is 24.5 Å². The molecule has 374 valence electrons. The summed E-state index contributed by atoms with van der Waals surface area (Å²) in [6.45, 7) is 6.47. The van der Waals surface area contributed by atoms with Crippen molar-refractivity contribution in [3.05, 3.63) is 48.6 Å². The van der Waals surface area contributed by atoms with Crippen LogP contribution in [-0.2, 0) is 14.3 Å². The minimum atomic E-state index is -0.795. The lowest BCUT2D eigenvalue weighted by Gasteiger charge is -2.24. The largest absolute Gasteiger partial charge is 0.462 e. The first-order valence-corrected chi connectivity index (χ1v) is 27.9. The number of unbranched alkanes of at least 4 members (excludes halogenated alkanes) is 32. The number of aliphatic hydroxyl groups excluding tert-OH is 2. The summed E-state index contributed by atoms with van der Waals surface area (Å²) in [7, 11) is 0. The van der Waals surface area contributed by atoms with E-state index in [1.807, 2.05) is 0 Å². The fraction of sp³-hybridized carbons (Fsp3) is 0.828. The highest BCUT2D eigenvalue weighted by Gasteiger charge is 2.24. The summed E-state index contributed by atoms with van der Waals surface area (Å²) < 4.78 is 5.94. The molecule has 0 saturated carbocycles. The summed E-state index contributed by atoms with van der Waals surface area (Å²) >= 11 is 0. The molecule has 0 saturated heterocycles. The highest BCUT2D eigenvalue weighted by atomic mass is 16.5. The Balaban J connectivity index is 4.61. The first-order chi connectivity index (χ1) is 31.5. The van der Waals surface area contributed by atoms with Crippen LogP contribution in [0.1, 0.15) is 284 Å². The van der Waals surface area contributed by atoms with Crippen LogP contribution in [0.15, 0.2) is 48.6 Å². The van der Waals surface area contributed by atoms with E-state index in [1.54, 1.807) is 0 Å². The Labute approximate surface area is 397 Å². The van der Waals surface area contributed by atoms with E-state index in [-0.39, 0.29) is 24.9 Å². The molecule has 0 aliphatic rings. The molecule has 0 radical (unpaired) electrons. The number of nitrogens with one attached hydrogen (secondary N) is 1. The monoisotopic (exact) mass is 898 g/mol. The number of carbonyl (C=O) groups excluding carboxylic acids is 2. The highest BCUT2D eigenvalue weighted by molar-refractivity contribution is 5.77. The van der Waals surface area contributed by atoms with Crippen LogP contribution in [-0.4, -0.2) is 46.9 Å². The number of esters is 1. The summed E-state index contributed by atoms with van der Waals surface area (Å²) in [6, 6.07) is -0.710. The Morgan fingerprint density at radius 2 is 0.812 bits per heavy atom. The molecule has 0 aromatic heterocycles. The zero-order valence-corrected chi connectivity index (χ0v) is 42.7. The van der Waals surface area contributed by atoms with Gasteiger partial charge in [-0.15, -0.1) is 0 Å². The summed E-state index contributed by atoms with van der Waals surface area (Å²) in [5.41, 5.74) is 0. The number of rotatable bonds is 50. The van der Waals surface area contributed by atoms with Crippen LogP contribution in [0.2, 0.25) is 0 Å². The molecule has 0 aromatic rings. The second kappa shape index (κ2) is 51.8. The van der Waals surface area contributed by atoms with Gasteiger partial charge in [-0.25, -0.2) is 0 Å². The molecular formula is C58H107NO5. The number of allylic oxidation sites excluding steroid dienone is 8. The molecule has 1 amide bonds. The van der Waals surface area contributed by atoms with Gasteiger partial charge in [0, 0.05) is 6.42 Å². The molecule has 3 unspecified atom stereocenters. The molecule has 0 aliphatic carbocycles. The van der Waals surface area contributed by atoms with Crippen molar-refractivity contribution in [3.63, 3.8) is 0 Å². The standard InChI is InChI=1S/C58H107NO5/c1-4-7-10-13-16-19-22-25-27-28-29-30-33-36-39-42-45-48-51-58(63)64-54(49-46-43-40-37-34-32-26-23-20-17-14-11-8-5-2)52-57(62)59-55(53-60)56(61)50-47-44-41-38-35-31-24-21-18-15-12-9-6-3/h22,25,27-30,32,34,54-56,60-61H,4-21,23-24,26,31,33,35-53H2,1-3H3,(H,59,62)/b25-22+,28-27+,30-29+,34-32+. The maximum atomic E-state index is 13.2. The van der Waals surface area contributed by atoms with Crippen molar-refractivity contribution in [2.45, 2.75) is 302 Å². The molecule has 6 heteroatoms. The minimum Gasteiger partial charge on any atom is -0.462 e. The van der Waals surface area contributed by atoms with Gasteiger partial charge in [-0.3, -0.25) is 9.59 Å². The Hall–Kier alpha value is -2.18. The predicted octanol–water partition coefficient (Wildman–Crippen LogP) is 17.0. The number of hydrogen-bond acceptors (Lipinski definition) is 5. The van der Waals surface area contributed by atoms with Gasteiger partial charge in [0.2, 0.25) is 5.91 Å². The second-order valence-electron chi connectivity index (χ2n) is 19.0. The molecule has 0 spiro atoms. The third-order valence-corrected chi connectivity index (χ3v) is 12.7. The molecule has 0 aliphatic heterocycles. The fourth-order valence-corrected chi connectivity index (χ4v) is 8.43. The first-order valence-electron chi connectivity index (χ1n) is 27.9. The molecule has 3 N–H and O–H groups in total. The predicted molar refractivity (Wildman–Crippen MR) is 278 cm³/mol. The Bertz CT molecular complexity index is 1100. The quantitative estimate of drug-likeness (QED) is 0.0245. The number of amides is 1. The first kappa shape index (κ1) is 61.8. The van der Waals surface area contributed by atoms with E-state index in [1.165, 1.54) is 148 Å². The van der Waals surface area contributed by atoms with E-state index >= 15 is 0 Å². The average molecular weight is 898 g/mol. The van der Waals surface area contributed by atoms with Crippen LogP contribution >= 0.6 is 0 Å². The maximum absolute atomic E-state index is 13.2. The Kier molecular flexibility index (Phi) is 50.0. The van der Waals surface area contributed by atoms with E-state index in [9.17, 15) is 19.8 Å². The zero-order valence-electron chi connectivity index (χ0n) is 42.7. The lowest BCUT2D eigenvalue weighted by atomic mass is 10.0. The van der Waals surface area contributed by atoms with Crippen LogP contribution in [0, 0.1) is 0 Å². The SMILES string of the molecule is CCCCCCC/C=C/C=C/C=C/CCCCCCCC(=O)OC(CCCCC/C=C/CCCCCCCCC)CC(=O)NC(CO)C(O)CCCCCCCCCCCCCCC. The van der Waals surface area contributed by atoms with Crippen molar-refractivity contribution in [1.29, 1.82) is 0 Å². The molecule has 0 fully saturated rings. The fourth-order valence-electron chi connectivity index (χ4n) is 8.43. The van der Waals surface area contributed by atoms with E-state index in [4.69, 9.17) is 4.74 Å². The number of carbonyl (C=O) groups is 2. The average Bonchev–Trinajstić information content (AvgIpc) is 3.29. The normalized spacial score (nSPS) is 13.5. The van der Waals surface area contributed by atoms with Crippen molar-refractivity contribution in [2.24, 2.45) is 0 Å². The summed E-state index contributed by atoms with van der Waals surface area (Å²) in [4.78, 5) is 26.2. The van der Waals surface area contributed by atoms with Gasteiger partial charge in [0.15, 0.2) is 0 Å². The Morgan fingerprint density at radius 1 is 0.453 bits per heavy atom. The van der Waals surface area contributed by atoms with Crippen molar-refractivity contribution in [2.75, 3.05) is 6.61 Å². The molecule has 64 heavy (non-hydrogen) atoms. The minimum absolute atomic E-state index is 0.0597. The van der Waals surface area contributed by atoms with Gasteiger partial charge in [-0.05, 0) is 77.0 Å². The number of ether oxygens (including phenoxy) is 1. The lowest BCUT2D eigenvalue weighted by molar-refractivity contribution is -0.151.